The number of nitrogens with zero attached hydrogens (tertiary/aromatic N) is 1. The molecule has 0 aromatic rings. The van der Waals surface area contributed by atoms with Crippen molar-refractivity contribution in [2.45, 2.75) is 231 Å². The van der Waals surface area contributed by atoms with Crippen LogP contribution < -0.4 is 10.2 Å². The number of rotatable bonds is 45. The Kier molecular flexibility index (Phi) is 41.6. The maximum Gasteiger partial charge on any atom is 0.268 e. The zero-order valence-electron chi connectivity index (χ0n) is 39.9. The summed E-state index contributed by atoms with van der Waals surface area (Å²) in [7, 11) is 1.26. The van der Waals surface area contributed by atoms with Crippen LogP contribution in [0.25, 0.3) is 0 Å². The number of hydrogen-bond donors (Lipinski definition) is 2. The molecule has 352 valence electrons. The molecule has 0 aromatic carbocycles. The topological polar surface area (TPSA) is 108 Å². The van der Waals surface area contributed by atoms with Crippen molar-refractivity contribution in [2.24, 2.45) is 0 Å². The number of likely N-dealkylation sites (N-methyl/N-ethyl adjacent to an activating group) is 1. The van der Waals surface area contributed by atoms with Gasteiger partial charge in [-0.2, -0.15) is 0 Å². The Morgan fingerprint density at radius 2 is 0.967 bits per heavy atom. The third kappa shape index (κ3) is 44.5. The second-order valence-electron chi connectivity index (χ2n) is 18.2. The molecule has 1 amide bonds. The molecular weight excluding hydrogens is 768 g/mol. The van der Waals surface area contributed by atoms with Crippen LogP contribution in [0.15, 0.2) is 48.6 Å². The van der Waals surface area contributed by atoms with Crippen LogP contribution in [0.3, 0.4) is 0 Å². The predicted octanol–water partition coefficient (Wildman–Crippen LogP) is 13.8. The summed E-state index contributed by atoms with van der Waals surface area (Å²) in [6.07, 6.45) is 54.9. The fraction of sp³-hybridized carbons (Fsp3) is 0.824. The van der Waals surface area contributed by atoms with Gasteiger partial charge in [-0.25, -0.2) is 0 Å². The molecule has 0 fully saturated rings. The molecule has 3 unspecified atom stereocenters. The molecule has 9 heteroatoms. The number of aliphatic hydroxyl groups is 1. The largest absolute Gasteiger partial charge is 0.756 e. The van der Waals surface area contributed by atoms with E-state index in [1.807, 2.05) is 27.2 Å². The van der Waals surface area contributed by atoms with Crippen LogP contribution in [0, 0.1) is 0 Å². The Hall–Kier alpha value is -1.54. The molecule has 8 nitrogen and oxygen atoms in total. The fourth-order valence-corrected chi connectivity index (χ4v) is 7.76. The van der Waals surface area contributed by atoms with E-state index in [1.54, 1.807) is 6.08 Å². The van der Waals surface area contributed by atoms with Crippen molar-refractivity contribution >= 4 is 13.7 Å². The summed E-state index contributed by atoms with van der Waals surface area (Å²) >= 11 is 0. The maximum absolute atomic E-state index is 12.8. The van der Waals surface area contributed by atoms with Gasteiger partial charge in [0.25, 0.3) is 7.82 Å². The minimum absolute atomic E-state index is 0.00181. The SMILES string of the molecule is CCCCCCC/C=C\C/C=C\C/C=C\CCCCCCCCCCCCCCCCCCC(=O)NC(COP(=O)([O-])OCC[N+](C)(C)C)C(O)/C=C/CCCCCCC. The molecule has 0 radical (unpaired) electrons. The highest BCUT2D eigenvalue weighted by Crippen LogP contribution is 2.38. The highest BCUT2D eigenvalue weighted by Gasteiger charge is 2.23. The van der Waals surface area contributed by atoms with E-state index in [2.05, 4.69) is 55.6 Å². The van der Waals surface area contributed by atoms with Gasteiger partial charge in [-0.1, -0.05) is 204 Å². The van der Waals surface area contributed by atoms with Crippen molar-refractivity contribution in [3.8, 4) is 0 Å². The lowest BCUT2D eigenvalue weighted by atomic mass is 10.0. The smallest absolute Gasteiger partial charge is 0.268 e. The van der Waals surface area contributed by atoms with Crippen molar-refractivity contribution in [2.75, 3.05) is 40.9 Å². The number of phosphoric ester groups is 1. The van der Waals surface area contributed by atoms with Gasteiger partial charge in [0, 0.05) is 6.42 Å². The van der Waals surface area contributed by atoms with E-state index >= 15 is 0 Å². The van der Waals surface area contributed by atoms with Gasteiger partial charge in [-0.3, -0.25) is 9.36 Å². The lowest BCUT2D eigenvalue weighted by molar-refractivity contribution is -0.870. The molecule has 0 bridgehead atoms. The van der Waals surface area contributed by atoms with Crippen LogP contribution in [0.4, 0.5) is 0 Å². The molecule has 0 aliphatic heterocycles. The quantitative estimate of drug-likeness (QED) is 0.0273. The fourth-order valence-electron chi connectivity index (χ4n) is 7.04. The van der Waals surface area contributed by atoms with Gasteiger partial charge in [-0.05, 0) is 57.8 Å². The Morgan fingerprint density at radius 1 is 0.583 bits per heavy atom. The van der Waals surface area contributed by atoms with Gasteiger partial charge >= 0.3 is 0 Å². The minimum Gasteiger partial charge on any atom is -0.756 e. The molecule has 0 rings (SSSR count). The van der Waals surface area contributed by atoms with Crippen molar-refractivity contribution in [1.29, 1.82) is 0 Å². The lowest BCUT2D eigenvalue weighted by Gasteiger charge is -2.29. The number of amides is 1. The average molecular weight is 865 g/mol. The molecule has 0 aliphatic carbocycles. The van der Waals surface area contributed by atoms with Gasteiger partial charge < -0.3 is 28.8 Å². The standard InChI is InChI=1S/C51H97N2O6P/c1-6-8-10-12-14-15-16-17-18-19-20-21-22-23-24-25-26-27-28-29-30-31-32-33-34-35-36-37-39-41-43-45-51(55)52-49(50(54)44-42-40-38-13-11-9-7-2)48-59-60(56,57)58-47-46-53(3,4)5/h16-17,19-20,22-23,42,44,49-50,54H,6-15,18,21,24-41,43,45-48H2,1-5H3,(H-,52,55,56,57)/b17-16-,20-19-,23-22-,44-42+. The first kappa shape index (κ1) is 58.5. The van der Waals surface area contributed by atoms with Gasteiger partial charge in [-0.15, -0.1) is 0 Å². The van der Waals surface area contributed by atoms with E-state index in [0.717, 1.165) is 51.4 Å². The van der Waals surface area contributed by atoms with Crippen molar-refractivity contribution in [1.82, 2.24) is 5.32 Å². The highest BCUT2D eigenvalue weighted by molar-refractivity contribution is 7.45. The van der Waals surface area contributed by atoms with Crippen LogP contribution in [-0.2, 0) is 18.4 Å². The van der Waals surface area contributed by atoms with E-state index in [0.29, 0.717) is 17.4 Å². The number of carbonyl (C=O) groups is 1. The third-order valence-corrected chi connectivity index (χ3v) is 12.0. The van der Waals surface area contributed by atoms with Gasteiger partial charge in [0.1, 0.15) is 13.2 Å². The zero-order valence-corrected chi connectivity index (χ0v) is 40.8. The Bertz CT molecular complexity index is 1120. The Labute approximate surface area is 371 Å². The molecule has 0 aromatic heterocycles. The molecule has 2 N–H and O–H groups in total. The molecule has 0 heterocycles. The first-order chi connectivity index (χ1) is 29.0. The molecule has 0 saturated carbocycles. The first-order valence-electron chi connectivity index (χ1n) is 25.0. The van der Waals surface area contributed by atoms with Crippen LogP contribution in [0.2, 0.25) is 0 Å². The number of aliphatic hydroxyl groups excluding tert-OH is 1. The number of unbranched alkanes of at least 4 members (excludes halogenated alkanes) is 26. The number of hydrogen-bond acceptors (Lipinski definition) is 6. The number of carbonyl (C=O) groups excluding carboxylic acids is 1. The second kappa shape index (κ2) is 42.7. The zero-order chi connectivity index (χ0) is 44.3. The Morgan fingerprint density at radius 3 is 1.40 bits per heavy atom. The summed E-state index contributed by atoms with van der Waals surface area (Å²) in [5.41, 5.74) is 0. The highest BCUT2D eigenvalue weighted by atomic mass is 31.2. The predicted molar refractivity (Wildman–Crippen MR) is 256 cm³/mol. The van der Waals surface area contributed by atoms with E-state index in [4.69, 9.17) is 9.05 Å². The number of allylic oxidation sites excluding steroid dienone is 7. The van der Waals surface area contributed by atoms with Crippen LogP contribution in [0.1, 0.15) is 219 Å². The van der Waals surface area contributed by atoms with Crippen LogP contribution in [0.5, 0.6) is 0 Å². The first-order valence-corrected chi connectivity index (χ1v) is 26.5. The van der Waals surface area contributed by atoms with Gasteiger partial charge in [0.05, 0.1) is 39.9 Å². The molecule has 60 heavy (non-hydrogen) atoms. The summed E-state index contributed by atoms with van der Waals surface area (Å²) in [4.78, 5) is 25.2. The summed E-state index contributed by atoms with van der Waals surface area (Å²) < 4.78 is 23.1. The van der Waals surface area contributed by atoms with E-state index < -0.39 is 20.0 Å². The number of nitrogens with one attached hydrogen (secondary N) is 1. The van der Waals surface area contributed by atoms with Gasteiger partial charge in [0.2, 0.25) is 5.91 Å². The molecule has 0 aliphatic rings. The number of phosphoric acid groups is 1. The number of quaternary nitrogens is 1. The maximum atomic E-state index is 12.8. The molecule has 3 atom stereocenters. The van der Waals surface area contributed by atoms with Gasteiger partial charge in [0.15, 0.2) is 0 Å². The second-order valence-corrected chi connectivity index (χ2v) is 19.6. The molecular formula is C51H97N2O6P. The summed E-state index contributed by atoms with van der Waals surface area (Å²) in [6, 6.07) is -0.883. The summed E-state index contributed by atoms with van der Waals surface area (Å²) in [5, 5.41) is 13.7. The van der Waals surface area contributed by atoms with E-state index in [9.17, 15) is 19.4 Å². The van der Waals surface area contributed by atoms with Crippen LogP contribution >= 0.6 is 7.82 Å². The normalized spacial score (nSPS) is 14.6. The van der Waals surface area contributed by atoms with Crippen molar-refractivity contribution in [3.63, 3.8) is 0 Å². The monoisotopic (exact) mass is 865 g/mol. The van der Waals surface area contributed by atoms with E-state index in [-0.39, 0.29) is 19.1 Å². The Balaban J connectivity index is 3.95. The average Bonchev–Trinajstić information content (AvgIpc) is 3.20. The lowest BCUT2D eigenvalue weighted by Crippen LogP contribution is -2.45. The molecule has 0 saturated heterocycles. The third-order valence-electron chi connectivity index (χ3n) is 11.0. The van der Waals surface area contributed by atoms with Crippen molar-refractivity contribution in [3.05, 3.63) is 48.6 Å². The minimum atomic E-state index is -4.58. The summed E-state index contributed by atoms with van der Waals surface area (Å²) in [6.45, 7) is 4.57. The molecule has 0 spiro atoms. The summed E-state index contributed by atoms with van der Waals surface area (Å²) in [5.74, 6) is -0.202. The van der Waals surface area contributed by atoms with Crippen LogP contribution in [-0.4, -0.2) is 68.5 Å². The van der Waals surface area contributed by atoms with Crippen molar-refractivity contribution < 1.29 is 32.9 Å². The van der Waals surface area contributed by atoms with E-state index in [1.165, 1.54) is 148 Å².